The summed E-state index contributed by atoms with van der Waals surface area (Å²) in [5, 5.41) is 3.42. The first-order valence-electron chi connectivity index (χ1n) is 5.81. The van der Waals surface area contributed by atoms with Crippen molar-refractivity contribution < 1.29 is 0 Å². The lowest BCUT2D eigenvalue weighted by Crippen LogP contribution is -2.36. The van der Waals surface area contributed by atoms with Crippen molar-refractivity contribution in [3.05, 3.63) is 29.6 Å². The standard InChI is InChI=1S/C13H20N2/c1-11-12(4-3-7-15-11)10-13(2)5-8-14-9-6-13/h3-4,7,14H,5-6,8-10H2,1-2H3. The van der Waals surface area contributed by atoms with Gasteiger partial charge in [0.05, 0.1) is 0 Å². The predicted molar refractivity (Wildman–Crippen MR) is 62.9 cm³/mol. The zero-order valence-corrected chi connectivity index (χ0v) is 9.71. The van der Waals surface area contributed by atoms with E-state index in [-0.39, 0.29) is 0 Å². The molecule has 2 heterocycles. The molecular formula is C13H20N2. The van der Waals surface area contributed by atoms with Crippen LogP contribution in [0.15, 0.2) is 18.3 Å². The van der Waals surface area contributed by atoms with E-state index in [1.807, 2.05) is 12.3 Å². The van der Waals surface area contributed by atoms with E-state index in [1.54, 1.807) is 0 Å². The fourth-order valence-electron chi connectivity index (χ4n) is 2.37. The van der Waals surface area contributed by atoms with E-state index in [9.17, 15) is 0 Å². The van der Waals surface area contributed by atoms with Crippen LogP contribution in [0.25, 0.3) is 0 Å². The molecule has 2 heteroatoms. The second kappa shape index (κ2) is 4.31. The van der Waals surface area contributed by atoms with E-state index < -0.39 is 0 Å². The number of hydrogen-bond donors (Lipinski definition) is 1. The molecule has 1 N–H and O–H groups in total. The van der Waals surface area contributed by atoms with Crippen molar-refractivity contribution in [1.82, 2.24) is 10.3 Å². The monoisotopic (exact) mass is 204 g/mol. The number of aryl methyl sites for hydroxylation is 1. The molecule has 1 aliphatic heterocycles. The maximum atomic E-state index is 4.36. The molecule has 1 aliphatic rings. The Morgan fingerprint density at radius 3 is 2.80 bits per heavy atom. The third-order valence-electron chi connectivity index (χ3n) is 3.54. The Kier molecular flexibility index (Phi) is 3.06. The lowest BCUT2D eigenvalue weighted by Gasteiger charge is -2.34. The van der Waals surface area contributed by atoms with Crippen molar-refractivity contribution in [3.8, 4) is 0 Å². The Bertz CT molecular complexity index is 327. The van der Waals surface area contributed by atoms with Gasteiger partial charge in [-0.3, -0.25) is 4.98 Å². The molecule has 1 aromatic rings. The largest absolute Gasteiger partial charge is 0.317 e. The molecule has 15 heavy (non-hydrogen) atoms. The van der Waals surface area contributed by atoms with Crippen LogP contribution >= 0.6 is 0 Å². The molecule has 1 saturated heterocycles. The van der Waals surface area contributed by atoms with Gasteiger partial charge in [0.1, 0.15) is 0 Å². The van der Waals surface area contributed by atoms with Gasteiger partial charge in [-0.2, -0.15) is 0 Å². The van der Waals surface area contributed by atoms with E-state index in [2.05, 4.69) is 30.2 Å². The first-order chi connectivity index (χ1) is 7.20. The summed E-state index contributed by atoms with van der Waals surface area (Å²) in [5.41, 5.74) is 3.08. The van der Waals surface area contributed by atoms with Crippen molar-refractivity contribution in [3.63, 3.8) is 0 Å². The second-order valence-corrected chi connectivity index (χ2v) is 4.99. The highest BCUT2D eigenvalue weighted by atomic mass is 14.9. The Hall–Kier alpha value is -0.890. The highest BCUT2D eigenvalue weighted by molar-refractivity contribution is 5.20. The molecule has 1 aromatic heterocycles. The summed E-state index contributed by atoms with van der Waals surface area (Å²) in [5.74, 6) is 0. The van der Waals surface area contributed by atoms with Gasteiger partial charge in [-0.05, 0) is 56.3 Å². The average Bonchev–Trinajstić information content (AvgIpc) is 2.22. The highest BCUT2D eigenvalue weighted by Gasteiger charge is 2.27. The van der Waals surface area contributed by atoms with Crippen LogP contribution in [0.5, 0.6) is 0 Å². The van der Waals surface area contributed by atoms with Gasteiger partial charge >= 0.3 is 0 Å². The lowest BCUT2D eigenvalue weighted by molar-refractivity contribution is 0.227. The van der Waals surface area contributed by atoms with Crippen molar-refractivity contribution >= 4 is 0 Å². The molecule has 0 amide bonds. The van der Waals surface area contributed by atoms with Gasteiger partial charge in [0, 0.05) is 11.9 Å². The number of hydrogen-bond acceptors (Lipinski definition) is 2. The average molecular weight is 204 g/mol. The van der Waals surface area contributed by atoms with E-state index in [0.717, 1.165) is 13.1 Å². The van der Waals surface area contributed by atoms with Crippen LogP contribution in [0.1, 0.15) is 31.0 Å². The molecule has 1 fully saturated rings. The Labute approximate surface area is 92.1 Å². The Morgan fingerprint density at radius 2 is 2.13 bits per heavy atom. The van der Waals surface area contributed by atoms with Gasteiger partial charge in [-0.25, -0.2) is 0 Å². The summed E-state index contributed by atoms with van der Waals surface area (Å²) in [7, 11) is 0. The number of piperidine rings is 1. The molecule has 0 radical (unpaired) electrons. The van der Waals surface area contributed by atoms with Crippen LogP contribution in [0, 0.1) is 12.3 Å². The van der Waals surface area contributed by atoms with E-state index >= 15 is 0 Å². The zero-order valence-electron chi connectivity index (χ0n) is 9.71. The third-order valence-corrected chi connectivity index (χ3v) is 3.54. The molecular weight excluding hydrogens is 184 g/mol. The minimum absolute atomic E-state index is 0.471. The summed E-state index contributed by atoms with van der Waals surface area (Å²) in [6, 6.07) is 4.27. The van der Waals surface area contributed by atoms with Gasteiger partial charge in [-0.15, -0.1) is 0 Å². The summed E-state index contributed by atoms with van der Waals surface area (Å²) >= 11 is 0. The number of aromatic nitrogens is 1. The normalized spacial score (nSPS) is 20.1. The minimum Gasteiger partial charge on any atom is -0.317 e. The van der Waals surface area contributed by atoms with Crippen LogP contribution in [-0.2, 0) is 6.42 Å². The first-order valence-corrected chi connectivity index (χ1v) is 5.81. The topological polar surface area (TPSA) is 24.9 Å². The molecule has 2 nitrogen and oxygen atoms in total. The molecule has 0 bridgehead atoms. The molecule has 82 valence electrons. The van der Waals surface area contributed by atoms with Gasteiger partial charge in [0.2, 0.25) is 0 Å². The Morgan fingerprint density at radius 1 is 1.40 bits per heavy atom. The van der Waals surface area contributed by atoms with Crippen molar-refractivity contribution in [2.24, 2.45) is 5.41 Å². The summed E-state index contributed by atoms with van der Waals surface area (Å²) in [6.45, 7) is 6.84. The molecule has 0 unspecified atom stereocenters. The predicted octanol–water partition coefficient (Wildman–Crippen LogP) is 2.32. The van der Waals surface area contributed by atoms with E-state index in [1.165, 1.54) is 30.5 Å². The number of pyridine rings is 1. The zero-order chi connectivity index (χ0) is 10.7. The van der Waals surface area contributed by atoms with Gasteiger partial charge < -0.3 is 5.32 Å². The van der Waals surface area contributed by atoms with Crippen LogP contribution in [-0.4, -0.2) is 18.1 Å². The van der Waals surface area contributed by atoms with Crippen molar-refractivity contribution in [2.75, 3.05) is 13.1 Å². The first kappa shape index (κ1) is 10.6. The highest BCUT2D eigenvalue weighted by Crippen LogP contribution is 2.32. The van der Waals surface area contributed by atoms with Crippen LogP contribution in [0.4, 0.5) is 0 Å². The number of nitrogens with one attached hydrogen (secondary N) is 1. The second-order valence-electron chi connectivity index (χ2n) is 4.99. The fourth-order valence-corrected chi connectivity index (χ4v) is 2.37. The fraction of sp³-hybridized carbons (Fsp3) is 0.615. The van der Waals surface area contributed by atoms with Crippen molar-refractivity contribution in [1.29, 1.82) is 0 Å². The smallest absolute Gasteiger partial charge is 0.0404 e. The van der Waals surface area contributed by atoms with Gasteiger partial charge in [0.15, 0.2) is 0 Å². The molecule has 0 saturated carbocycles. The molecule has 0 aromatic carbocycles. The third kappa shape index (κ3) is 2.57. The summed E-state index contributed by atoms with van der Waals surface area (Å²) in [6.07, 6.45) is 5.61. The Balaban J connectivity index is 2.10. The molecule has 0 spiro atoms. The van der Waals surface area contributed by atoms with E-state index in [4.69, 9.17) is 0 Å². The maximum Gasteiger partial charge on any atom is 0.0404 e. The van der Waals surface area contributed by atoms with Crippen molar-refractivity contribution in [2.45, 2.75) is 33.1 Å². The van der Waals surface area contributed by atoms with Crippen LogP contribution in [0.2, 0.25) is 0 Å². The minimum atomic E-state index is 0.471. The number of rotatable bonds is 2. The summed E-state index contributed by atoms with van der Waals surface area (Å²) in [4.78, 5) is 4.36. The van der Waals surface area contributed by atoms with Gasteiger partial charge in [-0.1, -0.05) is 13.0 Å². The van der Waals surface area contributed by atoms with E-state index in [0.29, 0.717) is 5.41 Å². The number of nitrogens with zero attached hydrogens (tertiary/aromatic N) is 1. The SMILES string of the molecule is Cc1ncccc1CC1(C)CCNCC1. The quantitative estimate of drug-likeness (QED) is 0.799. The van der Waals surface area contributed by atoms with Crippen LogP contribution < -0.4 is 5.32 Å². The van der Waals surface area contributed by atoms with Crippen LogP contribution in [0.3, 0.4) is 0 Å². The molecule has 0 atom stereocenters. The molecule has 0 aliphatic carbocycles. The summed E-state index contributed by atoms with van der Waals surface area (Å²) < 4.78 is 0. The van der Waals surface area contributed by atoms with Gasteiger partial charge in [0.25, 0.3) is 0 Å². The lowest BCUT2D eigenvalue weighted by atomic mass is 9.76. The molecule has 2 rings (SSSR count). The maximum absolute atomic E-state index is 4.36.